The molecular weight excluding hydrogens is 458 g/mol. The van der Waals surface area contributed by atoms with E-state index in [1.54, 1.807) is 22.5 Å². The molecule has 1 saturated carbocycles. The predicted molar refractivity (Wildman–Crippen MR) is 142 cm³/mol. The standard InChI is InChI=1S/C27H33N5O2S/c1-18(2)34-22-13-6-12-21-24(22)29-26(19-9-4-3-5-10-19)31(21)15-7-11-20-17-32(23-14-8-16-35-23)27(33)30-25(20)28/h6,12-13,17-19,23H,3-5,8-10,14-16H2,1-2H3,(H2,28,30,33). The fourth-order valence-corrected chi connectivity index (χ4v) is 6.36. The van der Waals surface area contributed by atoms with Crippen molar-refractivity contribution in [1.82, 2.24) is 19.1 Å². The Kier molecular flexibility index (Phi) is 7.05. The molecule has 7 nitrogen and oxygen atoms in total. The molecule has 0 spiro atoms. The van der Waals surface area contributed by atoms with Crippen molar-refractivity contribution in [2.45, 2.75) is 82.7 Å². The summed E-state index contributed by atoms with van der Waals surface area (Å²) in [6.07, 6.45) is 9.99. The van der Waals surface area contributed by atoms with Crippen molar-refractivity contribution < 1.29 is 4.74 Å². The lowest BCUT2D eigenvalue weighted by atomic mass is 9.88. The van der Waals surface area contributed by atoms with Crippen LogP contribution in [0, 0.1) is 11.8 Å². The monoisotopic (exact) mass is 491 g/mol. The molecule has 184 valence electrons. The zero-order valence-electron chi connectivity index (χ0n) is 20.5. The Morgan fingerprint density at radius 3 is 2.74 bits per heavy atom. The first kappa shape index (κ1) is 23.8. The first-order chi connectivity index (χ1) is 17.0. The number of hydrogen-bond acceptors (Lipinski definition) is 6. The molecule has 2 aromatic heterocycles. The lowest BCUT2D eigenvalue weighted by Crippen LogP contribution is -2.26. The first-order valence-electron chi connectivity index (χ1n) is 12.7. The first-order valence-corrected chi connectivity index (χ1v) is 13.7. The van der Waals surface area contributed by atoms with E-state index in [0.29, 0.717) is 18.0 Å². The fourth-order valence-electron chi connectivity index (χ4n) is 5.10. The Morgan fingerprint density at radius 2 is 2.00 bits per heavy atom. The lowest BCUT2D eigenvalue weighted by molar-refractivity contribution is 0.245. The zero-order chi connectivity index (χ0) is 24.4. The van der Waals surface area contributed by atoms with Crippen LogP contribution in [0.1, 0.15) is 81.5 Å². The summed E-state index contributed by atoms with van der Waals surface area (Å²) in [6.45, 7) is 4.56. The highest BCUT2D eigenvalue weighted by molar-refractivity contribution is 7.99. The van der Waals surface area contributed by atoms with Crippen LogP contribution in [0.5, 0.6) is 5.75 Å². The molecule has 0 bridgehead atoms. The molecule has 1 saturated heterocycles. The van der Waals surface area contributed by atoms with Gasteiger partial charge in [-0.15, -0.1) is 11.8 Å². The molecule has 1 aliphatic carbocycles. The number of nitrogens with zero attached hydrogens (tertiary/aromatic N) is 4. The Morgan fingerprint density at radius 1 is 1.17 bits per heavy atom. The number of aromatic nitrogens is 4. The Hall–Kier alpha value is -2.92. The van der Waals surface area contributed by atoms with E-state index >= 15 is 0 Å². The second kappa shape index (κ2) is 10.4. The molecule has 1 aliphatic heterocycles. The molecule has 0 radical (unpaired) electrons. The number of nitrogens with two attached hydrogens (primary N) is 1. The van der Waals surface area contributed by atoms with E-state index < -0.39 is 0 Å². The second-order valence-corrected chi connectivity index (χ2v) is 11.0. The Bertz CT molecular complexity index is 1320. The minimum atomic E-state index is -0.301. The molecule has 3 heterocycles. The van der Waals surface area contributed by atoms with Gasteiger partial charge in [-0.05, 0) is 57.4 Å². The maximum atomic E-state index is 12.4. The number of hydrogen-bond donors (Lipinski definition) is 1. The number of thioether (sulfide) groups is 1. The third kappa shape index (κ3) is 5.06. The topological polar surface area (TPSA) is 88.0 Å². The molecule has 1 unspecified atom stereocenters. The third-order valence-corrected chi connectivity index (χ3v) is 8.13. The SMILES string of the molecule is CC(C)Oc1cccc2c1nc(C1CCCCC1)n2CC#Cc1cn(C2CCCS2)c(=O)nc1N. The van der Waals surface area contributed by atoms with Crippen molar-refractivity contribution in [3.63, 3.8) is 0 Å². The van der Waals surface area contributed by atoms with E-state index in [1.807, 2.05) is 26.0 Å². The van der Waals surface area contributed by atoms with Crippen molar-refractivity contribution in [3.8, 4) is 17.6 Å². The molecule has 2 aliphatic rings. The highest BCUT2D eigenvalue weighted by Crippen LogP contribution is 2.36. The average molecular weight is 492 g/mol. The highest BCUT2D eigenvalue weighted by atomic mass is 32.2. The van der Waals surface area contributed by atoms with Crippen LogP contribution in [0.3, 0.4) is 0 Å². The lowest BCUT2D eigenvalue weighted by Gasteiger charge is -2.21. The van der Waals surface area contributed by atoms with E-state index in [-0.39, 0.29) is 23.0 Å². The molecule has 0 amide bonds. The molecule has 35 heavy (non-hydrogen) atoms. The number of benzene rings is 1. The highest BCUT2D eigenvalue weighted by Gasteiger charge is 2.24. The number of imidazole rings is 1. The van der Waals surface area contributed by atoms with Gasteiger partial charge in [0.15, 0.2) is 0 Å². The zero-order valence-corrected chi connectivity index (χ0v) is 21.3. The molecular formula is C27H33N5O2S. The smallest absolute Gasteiger partial charge is 0.350 e. The number of para-hydroxylation sites is 1. The van der Waals surface area contributed by atoms with Crippen LogP contribution < -0.4 is 16.2 Å². The molecule has 3 aromatic rings. The van der Waals surface area contributed by atoms with Gasteiger partial charge in [0.1, 0.15) is 22.9 Å². The largest absolute Gasteiger partial charge is 0.489 e. The van der Waals surface area contributed by atoms with Crippen molar-refractivity contribution in [2.24, 2.45) is 0 Å². The molecule has 8 heteroatoms. The van der Waals surface area contributed by atoms with Crippen LogP contribution >= 0.6 is 11.8 Å². The quantitative estimate of drug-likeness (QED) is 0.500. The molecule has 1 atom stereocenters. The number of anilines is 1. The average Bonchev–Trinajstić information content (AvgIpc) is 3.50. The molecule has 1 aromatic carbocycles. The third-order valence-electron chi connectivity index (χ3n) is 6.76. The van der Waals surface area contributed by atoms with Gasteiger partial charge in [0.05, 0.1) is 29.1 Å². The maximum absolute atomic E-state index is 12.4. The maximum Gasteiger partial charge on any atom is 0.350 e. The second-order valence-electron chi connectivity index (χ2n) is 9.68. The van der Waals surface area contributed by atoms with Crippen molar-refractivity contribution in [3.05, 3.63) is 46.3 Å². The predicted octanol–water partition coefficient (Wildman–Crippen LogP) is 5.09. The van der Waals surface area contributed by atoms with E-state index in [2.05, 4.69) is 27.5 Å². The van der Waals surface area contributed by atoms with E-state index in [4.69, 9.17) is 15.5 Å². The summed E-state index contributed by atoms with van der Waals surface area (Å²) in [5.74, 6) is 10.1. The van der Waals surface area contributed by atoms with Gasteiger partial charge in [-0.3, -0.25) is 4.57 Å². The van der Waals surface area contributed by atoms with Crippen LogP contribution in [-0.2, 0) is 6.54 Å². The summed E-state index contributed by atoms with van der Waals surface area (Å²) in [4.78, 5) is 21.5. The van der Waals surface area contributed by atoms with Crippen LogP contribution in [0.4, 0.5) is 5.82 Å². The van der Waals surface area contributed by atoms with Crippen LogP contribution in [-0.4, -0.2) is 31.0 Å². The summed E-state index contributed by atoms with van der Waals surface area (Å²) in [5, 5.41) is 0.117. The van der Waals surface area contributed by atoms with Gasteiger partial charge in [-0.25, -0.2) is 9.78 Å². The van der Waals surface area contributed by atoms with Crippen LogP contribution in [0.2, 0.25) is 0 Å². The minimum Gasteiger partial charge on any atom is -0.489 e. The number of nitrogen functional groups attached to an aromatic ring is 1. The van der Waals surface area contributed by atoms with Gasteiger partial charge in [-0.2, -0.15) is 4.98 Å². The summed E-state index contributed by atoms with van der Waals surface area (Å²) >= 11 is 1.78. The summed E-state index contributed by atoms with van der Waals surface area (Å²) in [7, 11) is 0. The van der Waals surface area contributed by atoms with Crippen LogP contribution in [0.25, 0.3) is 11.0 Å². The summed E-state index contributed by atoms with van der Waals surface area (Å²) in [6, 6.07) is 6.11. The Balaban J connectivity index is 1.51. The van der Waals surface area contributed by atoms with E-state index in [9.17, 15) is 4.79 Å². The number of fused-ring (bicyclic) bond motifs is 1. The molecule has 5 rings (SSSR count). The van der Waals surface area contributed by atoms with Gasteiger partial charge >= 0.3 is 5.69 Å². The van der Waals surface area contributed by atoms with Gasteiger partial charge in [0, 0.05) is 12.1 Å². The van der Waals surface area contributed by atoms with Gasteiger partial charge in [0.25, 0.3) is 0 Å². The molecule has 2 fully saturated rings. The normalized spacial score (nSPS) is 18.7. The summed E-state index contributed by atoms with van der Waals surface area (Å²) in [5.41, 5.74) is 8.32. The van der Waals surface area contributed by atoms with Gasteiger partial charge in [0.2, 0.25) is 0 Å². The van der Waals surface area contributed by atoms with Crippen molar-refractivity contribution in [1.29, 1.82) is 0 Å². The van der Waals surface area contributed by atoms with Gasteiger partial charge < -0.3 is 15.0 Å². The van der Waals surface area contributed by atoms with E-state index in [0.717, 1.165) is 54.0 Å². The number of ether oxygens (including phenoxy) is 1. The minimum absolute atomic E-state index is 0.0767. The van der Waals surface area contributed by atoms with E-state index in [1.165, 1.54) is 19.3 Å². The Labute approximate surface area is 210 Å². The van der Waals surface area contributed by atoms with Crippen molar-refractivity contribution >= 4 is 28.6 Å². The molecule has 2 N–H and O–H groups in total. The number of rotatable bonds is 5. The van der Waals surface area contributed by atoms with Gasteiger partial charge in [-0.1, -0.05) is 37.2 Å². The van der Waals surface area contributed by atoms with Crippen LogP contribution in [0.15, 0.2) is 29.2 Å². The fraction of sp³-hybridized carbons (Fsp3) is 0.519. The summed E-state index contributed by atoms with van der Waals surface area (Å²) < 4.78 is 10.00. The van der Waals surface area contributed by atoms with Crippen molar-refractivity contribution in [2.75, 3.05) is 11.5 Å².